The van der Waals surface area contributed by atoms with Crippen molar-refractivity contribution in [2.45, 2.75) is 32.8 Å². The summed E-state index contributed by atoms with van der Waals surface area (Å²) in [6, 6.07) is 10.4. The van der Waals surface area contributed by atoms with Crippen LogP contribution in [0.2, 0.25) is 10.0 Å². The average Bonchev–Trinajstić information content (AvgIpc) is 3.22. The largest absolute Gasteiger partial charge is 0.479 e. The highest BCUT2D eigenvalue weighted by atomic mass is 35.5. The molecule has 2 heterocycles. The summed E-state index contributed by atoms with van der Waals surface area (Å²) in [6.07, 6.45) is 1.25. The van der Waals surface area contributed by atoms with Gasteiger partial charge in [-0.15, -0.1) is 11.3 Å². The highest BCUT2D eigenvalue weighted by molar-refractivity contribution is 7.09. The van der Waals surface area contributed by atoms with Gasteiger partial charge in [-0.05, 0) is 56.2 Å². The Labute approximate surface area is 200 Å². The maximum atomic E-state index is 12.9. The summed E-state index contributed by atoms with van der Waals surface area (Å²) in [7, 11) is 0. The Morgan fingerprint density at radius 3 is 2.81 bits per heavy atom. The van der Waals surface area contributed by atoms with Gasteiger partial charge in [0.05, 0.1) is 27.1 Å². The van der Waals surface area contributed by atoms with Crippen molar-refractivity contribution in [3.63, 3.8) is 0 Å². The predicted octanol–water partition coefficient (Wildman–Crippen LogP) is 5.82. The number of aromatic nitrogens is 1. The zero-order valence-electron chi connectivity index (χ0n) is 17.5. The van der Waals surface area contributed by atoms with Crippen LogP contribution in [0, 0.1) is 0 Å². The van der Waals surface area contributed by atoms with Crippen molar-refractivity contribution in [3.8, 4) is 17.0 Å². The fourth-order valence-corrected chi connectivity index (χ4v) is 4.79. The summed E-state index contributed by atoms with van der Waals surface area (Å²) in [5.41, 5.74) is 2.66. The number of anilines is 2. The van der Waals surface area contributed by atoms with Gasteiger partial charge in [-0.25, -0.2) is 4.98 Å². The number of fused-ring (bicyclic) bond motifs is 1. The molecule has 6 nitrogen and oxygen atoms in total. The fraction of sp³-hybridized carbons (Fsp3) is 0.261. The molecular weight excluding hydrogens is 469 g/mol. The minimum atomic E-state index is -0.698. The van der Waals surface area contributed by atoms with E-state index < -0.39 is 6.10 Å². The van der Waals surface area contributed by atoms with Crippen LogP contribution in [0.25, 0.3) is 11.3 Å². The molecule has 0 saturated heterocycles. The van der Waals surface area contributed by atoms with E-state index in [1.54, 1.807) is 36.5 Å². The average molecular weight is 490 g/mol. The molecule has 2 aromatic carbocycles. The summed E-state index contributed by atoms with van der Waals surface area (Å²) < 4.78 is 5.76. The van der Waals surface area contributed by atoms with Crippen LogP contribution < -0.4 is 15.0 Å². The van der Waals surface area contributed by atoms with Crippen LogP contribution in [0.15, 0.2) is 41.8 Å². The molecule has 1 aliphatic rings. The summed E-state index contributed by atoms with van der Waals surface area (Å²) in [6.45, 7) is 3.60. The minimum Gasteiger partial charge on any atom is -0.479 e. The number of amides is 2. The summed E-state index contributed by atoms with van der Waals surface area (Å²) in [5, 5.41) is 6.60. The molecule has 2 amide bonds. The van der Waals surface area contributed by atoms with Gasteiger partial charge in [-0.2, -0.15) is 0 Å². The molecule has 32 heavy (non-hydrogen) atoms. The van der Waals surface area contributed by atoms with Crippen LogP contribution in [0.5, 0.6) is 5.75 Å². The van der Waals surface area contributed by atoms with Crippen molar-refractivity contribution in [1.82, 2.24) is 4.98 Å². The smallest absolute Gasteiger partial charge is 0.268 e. The molecule has 3 aromatic rings. The van der Waals surface area contributed by atoms with E-state index in [1.165, 1.54) is 4.90 Å². The third-order valence-corrected chi connectivity index (χ3v) is 6.44. The number of halogens is 2. The number of carbonyl (C=O) groups excluding carboxylic acids is 2. The highest BCUT2D eigenvalue weighted by Gasteiger charge is 2.33. The summed E-state index contributed by atoms with van der Waals surface area (Å²) >= 11 is 13.7. The first kappa shape index (κ1) is 22.6. The van der Waals surface area contributed by atoms with Crippen LogP contribution in [0.3, 0.4) is 0 Å². The Kier molecular flexibility index (Phi) is 6.69. The van der Waals surface area contributed by atoms with Crippen LogP contribution in [0.1, 0.15) is 25.3 Å². The van der Waals surface area contributed by atoms with Crippen molar-refractivity contribution >= 4 is 57.7 Å². The first-order valence-electron chi connectivity index (χ1n) is 10.2. The van der Waals surface area contributed by atoms with Gasteiger partial charge in [0.2, 0.25) is 5.91 Å². The lowest BCUT2D eigenvalue weighted by molar-refractivity contribution is -0.127. The highest BCUT2D eigenvalue weighted by Crippen LogP contribution is 2.38. The number of thiazole rings is 1. The van der Waals surface area contributed by atoms with Gasteiger partial charge < -0.3 is 10.1 Å². The Hall–Kier alpha value is -2.61. The Bertz CT molecular complexity index is 1180. The molecular formula is C23H21Cl2N3O3S. The van der Waals surface area contributed by atoms with Gasteiger partial charge >= 0.3 is 0 Å². The first-order chi connectivity index (χ1) is 15.4. The molecule has 0 fully saturated rings. The van der Waals surface area contributed by atoms with Crippen molar-refractivity contribution in [2.75, 3.05) is 16.8 Å². The third kappa shape index (κ3) is 4.75. The minimum absolute atomic E-state index is 0.180. The predicted molar refractivity (Wildman–Crippen MR) is 129 cm³/mol. The van der Waals surface area contributed by atoms with Crippen molar-refractivity contribution in [3.05, 3.63) is 56.8 Å². The lowest BCUT2D eigenvalue weighted by Crippen LogP contribution is -2.47. The molecule has 0 aliphatic carbocycles. The maximum absolute atomic E-state index is 12.9. The molecule has 1 aliphatic heterocycles. The molecule has 0 saturated carbocycles. The number of ether oxygens (including phenoxy) is 1. The second kappa shape index (κ2) is 9.48. The number of benzene rings is 2. The molecule has 1 atom stereocenters. The van der Waals surface area contributed by atoms with Crippen LogP contribution in [0.4, 0.5) is 11.4 Å². The van der Waals surface area contributed by atoms with Crippen LogP contribution >= 0.6 is 34.5 Å². The number of rotatable bonds is 6. The number of aryl methyl sites for hydroxylation is 1. The van der Waals surface area contributed by atoms with E-state index in [9.17, 15) is 9.59 Å². The standard InChI is InChI=1S/C23H21Cl2N3O3S/c1-3-4-22-27-18(12-32-22)14-5-8-20-19(9-14)28(23(30)13(2)31-20)11-21(29)26-17-7-6-15(24)10-16(17)25/h5-10,12-13H,3-4,11H2,1-2H3,(H,26,29). The molecule has 0 radical (unpaired) electrons. The van der Waals surface area contributed by atoms with E-state index in [2.05, 4.69) is 17.2 Å². The van der Waals surface area contributed by atoms with Crippen LogP contribution in [-0.2, 0) is 16.0 Å². The number of carbonyl (C=O) groups is 2. The molecule has 4 rings (SSSR count). The Morgan fingerprint density at radius 2 is 2.06 bits per heavy atom. The number of hydrogen-bond donors (Lipinski definition) is 1. The molecule has 0 spiro atoms. The quantitative estimate of drug-likeness (QED) is 0.473. The van der Waals surface area contributed by atoms with Crippen molar-refractivity contribution in [2.24, 2.45) is 0 Å². The second-order valence-corrected chi connectivity index (χ2v) is 9.20. The Balaban J connectivity index is 1.60. The van der Waals surface area contributed by atoms with Gasteiger partial charge in [-0.1, -0.05) is 30.1 Å². The lowest BCUT2D eigenvalue weighted by atomic mass is 10.1. The fourth-order valence-electron chi connectivity index (χ4n) is 3.43. The van der Waals surface area contributed by atoms with E-state index in [1.807, 2.05) is 23.6 Å². The molecule has 1 unspecified atom stereocenters. The van der Waals surface area contributed by atoms with Gasteiger partial charge in [0.25, 0.3) is 5.91 Å². The molecule has 1 N–H and O–H groups in total. The lowest BCUT2D eigenvalue weighted by Gasteiger charge is -2.32. The molecule has 0 bridgehead atoms. The van der Waals surface area contributed by atoms with Gasteiger partial charge in [0.15, 0.2) is 6.10 Å². The second-order valence-electron chi connectivity index (χ2n) is 7.42. The summed E-state index contributed by atoms with van der Waals surface area (Å²) in [4.78, 5) is 31.8. The van der Waals surface area contributed by atoms with E-state index in [0.29, 0.717) is 27.2 Å². The van der Waals surface area contributed by atoms with E-state index in [0.717, 1.165) is 29.1 Å². The van der Waals surface area contributed by atoms with Crippen molar-refractivity contribution in [1.29, 1.82) is 0 Å². The number of nitrogens with zero attached hydrogens (tertiary/aromatic N) is 2. The maximum Gasteiger partial charge on any atom is 0.268 e. The van der Waals surface area contributed by atoms with Crippen molar-refractivity contribution < 1.29 is 14.3 Å². The zero-order valence-corrected chi connectivity index (χ0v) is 19.9. The monoisotopic (exact) mass is 489 g/mol. The van der Waals surface area contributed by atoms with E-state index in [4.69, 9.17) is 27.9 Å². The normalized spacial score (nSPS) is 15.3. The van der Waals surface area contributed by atoms with Gasteiger partial charge in [0.1, 0.15) is 12.3 Å². The molecule has 9 heteroatoms. The van der Waals surface area contributed by atoms with Gasteiger partial charge in [-0.3, -0.25) is 14.5 Å². The number of nitrogens with one attached hydrogen (secondary N) is 1. The van der Waals surface area contributed by atoms with E-state index >= 15 is 0 Å². The zero-order chi connectivity index (χ0) is 22.8. The third-order valence-electron chi connectivity index (χ3n) is 4.99. The van der Waals surface area contributed by atoms with E-state index in [-0.39, 0.29) is 18.4 Å². The van der Waals surface area contributed by atoms with Crippen LogP contribution in [-0.4, -0.2) is 29.4 Å². The molecule has 166 valence electrons. The SMILES string of the molecule is CCCc1nc(-c2ccc3c(c2)N(CC(=O)Nc2ccc(Cl)cc2Cl)C(=O)C(C)O3)cs1. The summed E-state index contributed by atoms with van der Waals surface area (Å²) in [5.74, 6) is -0.133. The topological polar surface area (TPSA) is 71.5 Å². The molecule has 1 aromatic heterocycles. The first-order valence-corrected chi connectivity index (χ1v) is 11.8. The Morgan fingerprint density at radius 1 is 1.25 bits per heavy atom. The van der Waals surface area contributed by atoms with Gasteiger partial charge in [0, 0.05) is 16.0 Å². The number of hydrogen-bond acceptors (Lipinski definition) is 5.